The maximum absolute atomic E-state index is 12.6. The van der Waals surface area contributed by atoms with Crippen LogP contribution in [0.1, 0.15) is 46.5 Å². The Morgan fingerprint density at radius 1 is 1.05 bits per heavy atom. The fraction of sp³-hybridized carbons (Fsp3) is 0.941. The lowest BCUT2D eigenvalue weighted by Gasteiger charge is -2.42. The average molecular weight is 295 g/mol. The van der Waals surface area contributed by atoms with E-state index in [4.69, 9.17) is 0 Å². The number of hydrogen-bond donors (Lipinski definition) is 0. The van der Waals surface area contributed by atoms with Crippen LogP contribution in [0, 0.1) is 5.92 Å². The number of carbonyl (C=O) groups excluding carboxylic acids is 1. The monoisotopic (exact) mass is 295 g/mol. The summed E-state index contributed by atoms with van der Waals surface area (Å²) in [7, 11) is 0. The molecule has 0 aromatic carbocycles. The normalized spacial score (nSPS) is 26.0. The molecule has 0 bridgehead atoms. The van der Waals surface area contributed by atoms with Gasteiger partial charge in [0.15, 0.2) is 0 Å². The molecule has 4 nitrogen and oxygen atoms in total. The van der Waals surface area contributed by atoms with Crippen molar-refractivity contribution in [3.63, 3.8) is 0 Å². The first-order valence-electron chi connectivity index (χ1n) is 8.94. The number of piperidine rings is 2. The molecule has 0 aliphatic carbocycles. The Balaban J connectivity index is 1.87. The van der Waals surface area contributed by atoms with Crippen molar-refractivity contribution in [2.24, 2.45) is 5.92 Å². The van der Waals surface area contributed by atoms with Crippen LogP contribution in [0.25, 0.3) is 0 Å². The number of hydrogen-bond acceptors (Lipinski definition) is 3. The third kappa shape index (κ3) is 4.19. The van der Waals surface area contributed by atoms with Gasteiger partial charge in [0.05, 0.1) is 5.92 Å². The first kappa shape index (κ1) is 16.8. The molecule has 0 saturated carbocycles. The molecule has 0 radical (unpaired) electrons. The molecule has 2 aliphatic heterocycles. The molecule has 2 heterocycles. The highest BCUT2D eigenvalue weighted by atomic mass is 16.2. The summed E-state index contributed by atoms with van der Waals surface area (Å²) >= 11 is 0. The summed E-state index contributed by atoms with van der Waals surface area (Å²) in [6.07, 6.45) is 4.82. The SMILES string of the molecule is CCN1CCC(N2CCC[C@H](C(=O)N(CC)CC)C2)CC1. The van der Waals surface area contributed by atoms with Crippen LogP contribution < -0.4 is 0 Å². The van der Waals surface area contributed by atoms with Gasteiger partial charge in [0, 0.05) is 25.7 Å². The number of carbonyl (C=O) groups is 1. The van der Waals surface area contributed by atoms with Gasteiger partial charge in [-0.3, -0.25) is 9.69 Å². The van der Waals surface area contributed by atoms with Crippen molar-refractivity contribution in [2.75, 3.05) is 45.8 Å². The van der Waals surface area contributed by atoms with E-state index in [1.807, 2.05) is 4.90 Å². The van der Waals surface area contributed by atoms with E-state index in [1.54, 1.807) is 0 Å². The summed E-state index contributed by atoms with van der Waals surface area (Å²) in [5, 5.41) is 0. The van der Waals surface area contributed by atoms with E-state index in [1.165, 1.54) is 45.4 Å². The second kappa shape index (κ2) is 8.14. The second-order valence-corrected chi connectivity index (χ2v) is 6.51. The van der Waals surface area contributed by atoms with Gasteiger partial charge in [0.25, 0.3) is 0 Å². The van der Waals surface area contributed by atoms with Crippen molar-refractivity contribution < 1.29 is 4.79 Å². The van der Waals surface area contributed by atoms with Gasteiger partial charge in [-0.2, -0.15) is 0 Å². The number of rotatable bonds is 5. The molecule has 2 rings (SSSR count). The highest BCUT2D eigenvalue weighted by Gasteiger charge is 2.32. The Kier molecular flexibility index (Phi) is 6.49. The minimum atomic E-state index is 0.239. The first-order chi connectivity index (χ1) is 10.2. The summed E-state index contributed by atoms with van der Waals surface area (Å²) < 4.78 is 0. The molecule has 2 fully saturated rings. The summed E-state index contributed by atoms with van der Waals surface area (Å²) in [6, 6.07) is 0.708. The van der Waals surface area contributed by atoms with Crippen molar-refractivity contribution in [1.82, 2.24) is 14.7 Å². The lowest BCUT2D eigenvalue weighted by Crippen LogP contribution is -2.51. The molecule has 0 unspecified atom stereocenters. The van der Waals surface area contributed by atoms with Crippen LogP contribution in [0.15, 0.2) is 0 Å². The molecule has 21 heavy (non-hydrogen) atoms. The number of amides is 1. The van der Waals surface area contributed by atoms with E-state index in [0.29, 0.717) is 11.9 Å². The Bertz CT molecular complexity index is 322. The molecule has 2 saturated heterocycles. The standard InChI is InChI=1S/C17H33N3O/c1-4-18-12-9-16(10-13-18)20-11-7-8-15(14-20)17(21)19(5-2)6-3/h15-16H,4-14H2,1-3H3/t15-/m0/s1. The molecule has 1 atom stereocenters. The van der Waals surface area contributed by atoms with Gasteiger partial charge >= 0.3 is 0 Å². The molecule has 0 spiro atoms. The molecular formula is C17H33N3O. The van der Waals surface area contributed by atoms with Crippen LogP contribution in [0.5, 0.6) is 0 Å². The van der Waals surface area contributed by atoms with E-state index in [2.05, 4.69) is 30.6 Å². The van der Waals surface area contributed by atoms with Crippen LogP contribution in [0.4, 0.5) is 0 Å². The lowest BCUT2D eigenvalue weighted by atomic mass is 9.93. The van der Waals surface area contributed by atoms with Gasteiger partial charge in [0.2, 0.25) is 5.91 Å². The maximum atomic E-state index is 12.6. The highest BCUT2D eigenvalue weighted by Crippen LogP contribution is 2.25. The Labute approximate surface area is 130 Å². The summed E-state index contributed by atoms with van der Waals surface area (Å²) in [5.74, 6) is 0.624. The van der Waals surface area contributed by atoms with E-state index in [-0.39, 0.29) is 5.92 Å². The predicted molar refractivity (Wildman–Crippen MR) is 87.4 cm³/mol. The smallest absolute Gasteiger partial charge is 0.226 e. The third-order valence-electron chi connectivity index (χ3n) is 5.40. The zero-order valence-corrected chi connectivity index (χ0v) is 14.2. The van der Waals surface area contributed by atoms with Gasteiger partial charge in [0.1, 0.15) is 0 Å². The van der Waals surface area contributed by atoms with Gasteiger partial charge in [-0.25, -0.2) is 0 Å². The molecule has 1 amide bonds. The Morgan fingerprint density at radius 3 is 2.29 bits per heavy atom. The fourth-order valence-corrected chi connectivity index (χ4v) is 3.93. The summed E-state index contributed by atoms with van der Waals surface area (Å²) in [6.45, 7) is 13.9. The van der Waals surface area contributed by atoms with Crippen molar-refractivity contribution in [2.45, 2.75) is 52.5 Å². The molecule has 4 heteroatoms. The third-order valence-corrected chi connectivity index (χ3v) is 5.40. The summed E-state index contributed by atoms with van der Waals surface area (Å²) in [5.41, 5.74) is 0. The van der Waals surface area contributed by atoms with Gasteiger partial charge in [-0.1, -0.05) is 6.92 Å². The van der Waals surface area contributed by atoms with Gasteiger partial charge in [-0.15, -0.1) is 0 Å². The van der Waals surface area contributed by atoms with Crippen molar-refractivity contribution in [3.8, 4) is 0 Å². The van der Waals surface area contributed by atoms with Crippen LogP contribution in [-0.4, -0.2) is 72.5 Å². The largest absolute Gasteiger partial charge is 0.343 e. The summed E-state index contributed by atoms with van der Waals surface area (Å²) in [4.78, 5) is 19.7. The topological polar surface area (TPSA) is 26.8 Å². The Morgan fingerprint density at radius 2 is 1.71 bits per heavy atom. The molecule has 2 aliphatic rings. The van der Waals surface area contributed by atoms with E-state index in [0.717, 1.165) is 26.1 Å². The Hall–Kier alpha value is -0.610. The second-order valence-electron chi connectivity index (χ2n) is 6.51. The zero-order chi connectivity index (χ0) is 15.2. The number of likely N-dealkylation sites (tertiary alicyclic amines) is 2. The van der Waals surface area contributed by atoms with Gasteiger partial charge in [-0.05, 0) is 65.7 Å². The number of nitrogens with zero attached hydrogens (tertiary/aromatic N) is 3. The van der Waals surface area contributed by atoms with E-state index >= 15 is 0 Å². The van der Waals surface area contributed by atoms with Crippen LogP contribution in [0.3, 0.4) is 0 Å². The first-order valence-corrected chi connectivity index (χ1v) is 8.94. The molecule has 0 aromatic heterocycles. The van der Waals surface area contributed by atoms with Gasteiger partial charge < -0.3 is 9.80 Å². The van der Waals surface area contributed by atoms with Crippen LogP contribution in [0.2, 0.25) is 0 Å². The van der Waals surface area contributed by atoms with Crippen molar-refractivity contribution in [1.29, 1.82) is 0 Å². The quantitative estimate of drug-likeness (QED) is 0.777. The minimum Gasteiger partial charge on any atom is -0.343 e. The van der Waals surface area contributed by atoms with Crippen molar-refractivity contribution in [3.05, 3.63) is 0 Å². The molecule has 122 valence electrons. The minimum absolute atomic E-state index is 0.239. The average Bonchev–Trinajstić information content (AvgIpc) is 2.56. The molecule has 0 N–H and O–H groups in total. The van der Waals surface area contributed by atoms with E-state index < -0.39 is 0 Å². The van der Waals surface area contributed by atoms with E-state index in [9.17, 15) is 4.79 Å². The molecular weight excluding hydrogens is 262 g/mol. The zero-order valence-electron chi connectivity index (χ0n) is 14.2. The van der Waals surface area contributed by atoms with Crippen molar-refractivity contribution >= 4 is 5.91 Å². The molecule has 0 aromatic rings. The van der Waals surface area contributed by atoms with Crippen LogP contribution >= 0.6 is 0 Å². The fourth-order valence-electron chi connectivity index (χ4n) is 3.93. The highest BCUT2D eigenvalue weighted by molar-refractivity contribution is 5.79. The predicted octanol–water partition coefficient (Wildman–Crippen LogP) is 2.05. The van der Waals surface area contributed by atoms with Crippen LogP contribution in [-0.2, 0) is 4.79 Å². The lowest BCUT2D eigenvalue weighted by molar-refractivity contribution is -0.137. The maximum Gasteiger partial charge on any atom is 0.226 e.